The van der Waals surface area contributed by atoms with Crippen LogP contribution in [-0.2, 0) is 4.74 Å². The van der Waals surface area contributed by atoms with Gasteiger partial charge in [-0.2, -0.15) is 0 Å². The van der Waals surface area contributed by atoms with E-state index in [1.807, 2.05) is 20.8 Å². The Morgan fingerprint density at radius 1 is 1.59 bits per heavy atom. The van der Waals surface area contributed by atoms with Crippen molar-refractivity contribution in [3.8, 4) is 0 Å². The first-order valence-corrected chi connectivity index (χ1v) is 6.15. The zero-order chi connectivity index (χ0) is 13.1. The van der Waals surface area contributed by atoms with Crippen LogP contribution in [0.25, 0.3) is 0 Å². The van der Waals surface area contributed by atoms with Crippen LogP contribution >= 0.6 is 0 Å². The summed E-state index contributed by atoms with van der Waals surface area (Å²) >= 11 is 0. The van der Waals surface area contributed by atoms with Gasteiger partial charge in [0.25, 0.3) is 0 Å². The Balaban J connectivity index is 2.42. The minimum absolute atomic E-state index is 0.0916. The molecule has 1 aliphatic rings. The van der Waals surface area contributed by atoms with Gasteiger partial charge in [0.15, 0.2) is 0 Å². The van der Waals surface area contributed by atoms with Crippen molar-refractivity contribution < 1.29 is 13.9 Å². The number of carbonyl (C=O) groups is 1. The lowest BCUT2D eigenvalue weighted by Crippen LogP contribution is -2.36. The molecule has 1 fully saturated rings. The molecule has 0 bridgehead atoms. The number of halogens is 1. The van der Waals surface area contributed by atoms with Crippen LogP contribution in [0.3, 0.4) is 0 Å². The van der Waals surface area contributed by atoms with Gasteiger partial charge in [-0.3, -0.25) is 0 Å². The number of carbonyl (C=O) groups excluding carboxylic acids is 1. The van der Waals surface area contributed by atoms with Crippen LogP contribution in [0, 0.1) is 5.92 Å². The fourth-order valence-electron chi connectivity index (χ4n) is 1.97. The average molecular weight is 246 g/mol. The molecule has 17 heavy (non-hydrogen) atoms. The molecule has 2 atom stereocenters. The van der Waals surface area contributed by atoms with E-state index in [-0.39, 0.29) is 12.0 Å². The molecule has 1 rings (SSSR count). The monoisotopic (exact) mass is 246 g/mol. The van der Waals surface area contributed by atoms with Crippen molar-refractivity contribution in [1.29, 1.82) is 0 Å². The molecule has 0 spiro atoms. The van der Waals surface area contributed by atoms with E-state index >= 15 is 0 Å². The van der Waals surface area contributed by atoms with Gasteiger partial charge in [0, 0.05) is 19.0 Å². The Morgan fingerprint density at radius 2 is 2.24 bits per heavy atom. The van der Waals surface area contributed by atoms with Crippen LogP contribution in [0.1, 0.15) is 33.6 Å². The number of ether oxygens (including phenoxy) is 1. The third kappa shape index (κ3) is 4.50. The molecule has 2 N–H and O–H groups in total. The fraction of sp³-hybridized carbons (Fsp3) is 0.917. The molecule has 0 saturated carbocycles. The molecule has 1 saturated heterocycles. The van der Waals surface area contributed by atoms with E-state index in [9.17, 15) is 9.18 Å². The Morgan fingerprint density at radius 3 is 2.76 bits per heavy atom. The molecule has 5 heteroatoms. The normalized spacial score (nSPS) is 22.6. The highest BCUT2D eigenvalue weighted by Crippen LogP contribution is 2.25. The van der Waals surface area contributed by atoms with Crippen LogP contribution in [0.2, 0.25) is 0 Å². The van der Waals surface area contributed by atoms with Crippen LogP contribution in [-0.4, -0.2) is 42.4 Å². The molecule has 2 unspecified atom stereocenters. The maximum Gasteiger partial charge on any atom is 0.410 e. The van der Waals surface area contributed by atoms with Gasteiger partial charge in [-0.05, 0) is 40.2 Å². The molecule has 1 aliphatic heterocycles. The first-order valence-electron chi connectivity index (χ1n) is 6.15. The molecule has 0 aromatic carbocycles. The van der Waals surface area contributed by atoms with Gasteiger partial charge < -0.3 is 15.4 Å². The Bertz CT molecular complexity index is 266. The molecule has 0 aromatic rings. The maximum absolute atomic E-state index is 13.6. The number of alkyl halides is 1. The van der Waals surface area contributed by atoms with Gasteiger partial charge in [-0.1, -0.05) is 0 Å². The Hall–Kier alpha value is -0.840. The van der Waals surface area contributed by atoms with E-state index in [0.29, 0.717) is 32.5 Å². The summed E-state index contributed by atoms with van der Waals surface area (Å²) in [5, 5.41) is 0. The molecule has 1 amide bonds. The lowest BCUT2D eigenvalue weighted by molar-refractivity contribution is 0.0281. The highest BCUT2D eigenvalue weighted by atomic mass is 19.1. The average Bonchev–Trinajstić information content (AvgIpc) is 2.63. The Kier molecular flexibility index (Phi) is 4.74. The summed E-state index contributed by atoms with van der Waals surface area (Å²) in [5.41, 5.74) is 4.83. The molecular weight excluding hydrogens is 223 g/mol. The zero-order valence-electron chi connectivity index (χ0n) is 10.9. The van der Waals surface area contributed by atoms with Crippen molar-refractivity contribution in [3.63, 3.8) is 0 Å². The van der Waals surface area contributed by atoms with Crippen molar-refractivity contribution in [2.45, 2.75) is 45.4 Å². The van der Waals surface area contributed by atoms with Crippen molar-refractivity contribution >= 4 is 6.09 Å². The smallest absolute Gasteiger partial charge is 0.410 e. The van der Waals surface area contributed by atoms with Gasteiger partial charge in [0.05, 0.1) is 0 Å². The van der Waals surface area contributed by atoms with Crippen LogP contribution < -0.4 is 5.73 Å². The topological polar surface area (TPSA) is 55.6 Å². The maximum atomic E-state index is 13.6. The van der Waals surface area contributed by atoms with Gasteiger partial charge in [-0.15, -0.1) is 0 Å². The van der Waals surface area contributed by atoms with Crippen molar-refractivity contribution in [2.24, 2.45) is 11.7 Å². The molecule has 0 radical (unpaired) electrons. The highest BCUT2D eigenvalue weighted by molar-refractivity contribution is 5.68. The lowest BCUT2D eigenvalue weighted by atomic mass is 10.0. The number of nitrogens with zero attached hydrogens (tertiary/aromatic N) is 1. The molecule has 100 valence electrons. The predicted octanol–water partition coefficient (Wildman–Crippen LogP) is 1.93. The molecule has 4 nitrogen and oxygen atoms in total. The number of rotatable bonds is 3. The van der Waals surface area contributed by atoms with E-state index in [1.165, 1.54) is 0 Å². The molecule has 0 aliphatic carbocycles. The van der Waals surface area contributed by atoms with Gasteiger partial charge in [0.1, 0.15) is 11.8 Å². The second-order valence-corrected chi connectivity index (χ2v) is 5.57. The minimum atomic E-state index is -0.910. The lowest BCUT2D eigenvalue weighted by Gasteiger charge is -2.24. The first-order chi connectivity index (χ1) is 7.83. The number of amides is 1. The van der Waals surface area contributed by atoms with Crippen molar-refractivity contribution in [2.75, 3.05) is 19.6 Å². The van der Waals surface area contributed by atoms with Crippen molar-refractivity contribution in [3.05, 3.63) is 0 Å². The number of nitrogens with two attached hydrogens (primary N) is 1. The van der Waals surface area contributed by atoms with E-state index in [4.69, 9.17) is 10.5 Å². The standard InChI is InChI=1S/C12H23FN2O2/c1-12(2,3)17-11(16)15-7-5-9(8-15)10(13)4-6-14/h9-10H,4-8,14H2,1-3H3. The summed E-state index contributed by atoms with van der Waals surface area (Å²) < 4.78 is 18.9. The summed E-state index contributed by atoms with van der Waals surface area (Å²) in [6.45, 7) is 6.84. The van der Waals surface area contributed by atoms with Crippen LogP contribution in [0.5, 0.6) is 0 Å². The second kappa shape index (κ2) is 5.67. The van der Waals surface area contributed by atoms with Gasteiger partial charge in [0.2, 0.25) is 0 Å². The summed E-state index contributed by atoms with van der Waals surface area (Å²) in [6.07, 6.45) is -0.194. The number of likely N-dealkylation sites (tertiary alicyclic amines) is 1. The van der Waals surface area contributed by atoms with E-state index in [2.05, 4.69) is 0 Å². The van der Waals surface area contributed by atoms with E-state index in [0.717, 1.165) is 0 Å². The molecule has 0 aromatic heterocycles. The summed E-state index contributed by atoms with van der Waals surface area (Å²) in [5.74, 6) is -0.0916. The largest absolute Gasteiger partial charge is 0.444 e. The predicted molar refractivity (Wildman–Crippen MR) is 64.5 cm³/mol. The summed E-state index contributed by atoms with van der Waals surface area (Å²) in [7, 11) is 0. The van der Waals surface area contributed by atoms with Gasteiger partial charge >= 0.3 is 6.09 Å². The number of hydrogen-bond acceptors (Lipinski definition) is 3. The van der Waals surface area contributed by atoms with Gasteiger partial charge in [-0.25, -0.2) is 9.18 Å². The fourth-order valence-corrected chi connectivity index (χ4v) is 1.97. The zero-order valence-corrected chi connectivity index (χ0v) is 10.9. The minimum Gasteiger partial charge on any atom is -0.444 e. The van der Waals surface area contributed by atoms with Crippen molar-refractivity contribution in [1.82, 2.24) is 4.90 Å². The number of hydrogen-bond donors (Lipinski definition) is 1. The Labute approximate surface area is 102 Å². The third-order valence-electron chi connectivity index (χ3n) is 2.83. The summed E-state index contributed by atoms with van der Waals surface area (Å²) in [4.78, 5) is 13.3. The first kappa shape index (κ1) is 14.2. The molecular formula is C12H23FN2O2. The SMILES string of the molecule is CC(C)(C)OC(=O)N1CCC(C(F)CCN)C1. The summed E-state index contributed by atoms with van der Waals surface area (Å²) in [6, 6.07) is 0. The molecule has 1 heterocycles. The quantitative estimate of drug-likeness (QED) is 0.827. The second-order valence-electron chi connectivity index (χ2n) is 5.57. The highest BCUT2D eigenvalue weighted by Gasteiger charge is 2.33. The van der Waals surface area contributed by atoms with E-state index in [1.54, 1.807) is 4.90 Å². The van der Waals surface area contributed by atoms with Crippen LogP contribution in [0.4, 0.5) is 9.18 Å². The van der Waals surface area contributed by atoms with Crippen LogP contribution in [0.15, 0.2) is 0 Å². The van der Waals surface area contributed by atoms with E-state index < -0.39 is 11.8 Å². The third-order valence-corrected chi connectivity index (χ3v) is 2.83.